The molecule has 2 rings (SSSR count). The maximum atomic E-state index is 12.6. The molecule has 0 saturated carbocycles. The normalized spacial score (nSPS) is 18.2. The number of carbonyl (C=O) groups excluding carboxylic acids is 1. The maximum Gasteiger partial charge on any atom is 0.228 e. The van der Waals surface area contributed by atoms with Crippen LogP contribution < -0.4 is 11.1 Å². The van der Waals surface area contributed by atoms with Crippen molar-refractivity contribution in [2.45, 2.75) is 25.8 Å². The summed E-state index contributed by atoms with van der Waals surface area (Å²) in [6.45, 7) is 3.34. The van der Waals surface area contributed by atoms with E-state index in [0.717, 1.165) is 5.56 Å². The van der Waals surface area contributed by atoms with Crippen molar-refractivity contribution in [3.05, 3.63) is 33.8 Å². The molecule has 3 N–H and O–H groups in total. The van der Waals surface area contributed by atoms with Crippen LogP contribution in [0.4, 0.5) is 0 Å². The quantitative estimate of drug-likeness (QED) is 0.857. The van der Waals surface area contributed by atoms with Crippen molar-refractivity contribution >= 4 is 41.5 Å². The number of rotatable bonds is 4. The molecular weight excluding hydrogens is 347 g/mol. The van der Waals surface area contributed by atoms with Crippen LogP contribution in [0.15, 0.2) is 18.2 Å². The molecule has 0 radical (unpaired) electrons. The van der Waals surface area contributed by atoms with Crippen LogP contribution >= 0.6 is 35.6 Å². The van der Waals surface area contributed by atoms with Crippen molar-refractivity contribution in [1.29, 1.82) is 0 Å². The predicted molar refractivity (Wildman–Crippen MR) is 91.8 cm³/mol. The van der Waals surface area contributed by atoms with Crippen LogP contribution in [-0.4, -0.2) is 25.7 Å². The minimum atomic E-state index is -0.544. The van der Waals surface area contributed by atoms with Crippen LogP contribution in [0, 0.1) is 5.41 Å². The topological polar surface area (TPSA) is 64.4 Å². The molecule has 1 aromatic carbocycles. The summed E-state index contributed by atoms with van der Waals surface area (Å²) in [5.41, 5.74) is 6.10. The zero-order valence-corrected chi connectivity index (χ0v) is 14.7. The number of ether oxygens (including phenoxy) is 1. The van der Waals surface area contributed by atoms with E-state index in [1.54, 1.807) is 18.2 Å². The Morgan fingerprint density at radius 1 is 1.41 bits per heavy atom. The Morgan fingerprint density at radius 3 is 2.64 bits per heavy atom. The number of nitrogens with two attached hydrogens (primary N) is 1. The fourth-order valence-electron chi connectivity index (χ4n) is 2.56. The van der Waals surface area contributed by atoms with Gasteiger partial charge in [0, 0.05) is 29.8 Å². The van der Waals surface area contributed by atoms with Gasteiger partial charge in [-0.1, -0.05) is 23.2 Å². The second-order valence-electron chi connectivity index (χ2n) is 5.46. The van der Waals surface area contributed by atoms with E-state index in [2.05, 4.69) is 5.32 Å². The van der Waals surface area contributed by atoms with Crippen molar-refractivity contribution in [3.8, 4) is 0 Å². The monoisotopic (exact) mass is 366 g/mol. The maximum absolute atomic E-state index is 12.6. The Balaban J connectivity index is 0.00000242. The molecule has 1 aromatic rings. The smallest absolute Gasteiger partial charge is 0.228 e. The van der Waals surface area contributed by atoms with E-state index in [4.69, 9.17) is 33.7 Å². The van der Waals surface area contributed by atoms with Gasteiger partial charge in [-0.25, -0.2) is 0 Å². The standard InChI is InChI=1S/C15H20Cl2N2O2.ClH/c1-10(12-8-11(16)2-3-13(12)17)19-14(20)15(9-18)4-6-21-7-5-15;/h2-3,8,10H,4-7,9,18H2,1H3,(H,19,20);1H. The van der Waals surface area contributed by atoms with E-state index >= 15 is 0 Å². The second kappa shape index (κ2) is 8.37. The molecule has 1 aliphatic rings. The summed E-state index contributed by atoms with van der Waals surface area (Å²) in [6.07, 6.45) is 1.29. The van der Waals surface area contributed by atoms with Crippen LogP contribution in [0.2, 0.25) is 10.0 Å². The molecule has 1 aliphatic heterocycles. The van der Waals surface area contributed by atoms with Gasteiger partial charge >= 0.3 is 0 Å². The summed E-state index contributed by atoms with van der Waals surface area (Å²) >= 11 is 12.2. The molecule has 1 amide bonds. The van der Waals surface area contributed by atoms with E-state index in [1.807, 2.05) is 6.92 Å². The molecule has 0 aromatic heterocycles. The van der Waals surface area contributed by atoms with E-state index in [9.17, 15) is 4.79 Å². The second-order valence-corrected chi connectivity index (χ2v) is 6.30. The summed E-state index contributed by atoms with van der Waals surface area (Å²) < 4.78 is 5.33. The number of benzene rings is 1. The van der Waals surface area contributed by atoms with Gasteiger partial charge in [0.1, 0.15) is 0 Å². The van der Waals surface area contributed by atoms with Crippen molar-refractivity contribution < 1.29 is 9.53 Å². The Bertz CT molecular complexity index is 520. The van der Waals surface area contributed by atoms with Gasteiger partial charge in [-0.3, -0.25) is 4.79 Å². The number of hydrogen-bond acceptors (Lipinski definition) is 3. The Labute approximate surface area is 147 Å². The van der Waals surface area contributed by atoms with Crippen LogP contribution in [0.1, 0.15) is 31.4 Å². The molecule has 1 fully saturated rings. The van der Waals surface area contributed by atoms with Gasteiger partial charge in [-0.15, -0.1) is 12.4 Å². The minimum absolute atomic E-state index is 0. The molecular formula is C15H21Cl3N2O2. The molecule has 1 heterocycles. The van der Waals surface area contributed by atoms with Gasteiger partial charge < -0.3 is 15.8 Å². The third-order valence-corrected chi connectivity index (χ3v) is 4.67. The third-order valence-electron chi connectivity index (χ3n) is 4.09. The Kier molecular flexibility index (Phi) is 7.42. The molecule has 1 unspecified atom stereocenters. The SMILES string of the molecule is CC(NC(=O)C1(CN)CCOCC1)c1cc(Cl)ccc1Cl.Cl. The van der Waals surface area contributed by atoms with Gasteiger partial charge in [-0.05, 0) is 43.5 Å². The largest absolute Gasteiger partial charge is 0.381 e. The lowest BCUT2D eigenvalue weighted by atomic mass is 9.79. The molecule has 1 atom stereocenters. The highest BCUT2D eigenvalue weighted by Crippen LogP contribution is 2.32. The van der Waals surface area contributed by atoms with E-state index in [-0.39, 0.29) is 24.4 Å². The highest BCUT2D eigenvalue weighted by molar-refractivity contribution is 6.33. The lowest BCUT2D eigenvalue weighted by Gasteiger charge is -2.35. The molecule has 4 nitrogen and oxygen atoms in total. The first kappa shape index (κ1) is 19.5. The fraction of sp³-hybridized carbons (Fsp3) is 0.533. The highest BCUT2D eigenvalue weighted by Gasteiger charge is 2.39. The number of amides is 1. The number of nitrogens with one attached hydrogen (secondary N) is 1. The lowest BCUT2D eigenvalue weighted by Crippen LogP contribution is -2.49. The van der Waals surface area contributed by atoms with Crippen molar-refractivity contribution in [3.63, 3.8) is 0 Å². The fourth-order valence-corrected chi connectivity index (χ4v) is 3.02. The van der Waals surface area contributed by atoms with E-state index < -0.39 is 5.41 Å². The Hall–Kier alpha value is -0.520. The molecule has 22 heavy (non-hydrogen) atoms. The zero-order chi connectivity index (χ0) is 15.5. The van der Waals surface area contributed by atoms with Crippen molar-refractivity contribution in [1.82, 2.24) is 5.32 Å². The van der Waals surface area contributed by atoms with Crippen LogP contribution in [0.5, 0.6) is 0 Å². The molecule has 0 spiro atoms. The van der Waals surface area contributed by atoms with Gasteiger partial charge in [0.15, 0.2) is 0 Å². The summed E-state index contributed by atoms with van der Waals surface area (Å²) in [7, 11) is 0. The summed E-state index contributed by atoms with van der Waals surface area (Å²) in [6, 6.07) is 5.00. The molecule has 124 valence electrons. The summed E-state index contributed by atoms with van der Waals surface area (Å²) in [5, 5.41) is 4.19. The lowest BCUT2D eigenvalue weighted by molar-refractivity contribution is -0.136. The number of hydrogen-bond donors (Lipinski definition) is 2. The summed E-state index contributed by atoms with van der Waals surface area (Å²) in [4.78, 5) is 12.6. The van der Waals surface area contributed by atoms with Crippen molar-refractivity contribution in [2.75, 3.05) is 19.8 Å². The van der Waals surface area contributed by atoms with Crippen molar-refractivity contribution in [2.24, 2.45) is 11.1 Å². The molecule has 1 saturated heterocycles. The highest BCUT2D eigenvalue weighted by atomic mass is 35.5. The van der Waals surface area contributed by atoms with Crippen LogP contribution in [-0.2, 0) is 9.53 Å². The van der Waals surface area contributed by atoms with Gasteiger partial charge in [0.2, 0.25) is 5.91 Å². The average molecular weight is 368 g/mol. The third kappa shape index (κ3) is 4.27. The first-order valence-corrected chi connectivity index (χ1v) is 7.78. The van der Waals surface area contributed by atoms with Gasteiger partial charge in [0.25, 0.3) is 0 Å². The molecule has 7 heteroatoms. The number of halogens is 3. The first-order valence-electron chi connectivity index (χ1n) is 7.02. The molecule has 0 bridgehead atoms. The summed E-state index contributed by atoms with van der Waals surface area (Å²) in [5.74, 6) is -0.0446. The first-order chi connectivity index (χ1) is 9.98. The molecule has 0 aliphatic carbocycles. The van der Waals surface area contributed by atoms with Crippen LogP contribution in [0.3, 0.4) is 0 Å². The predicted octanol–water partition coefficient (Wildman–Crippen LogP) is 3.35. The average Bonchev–Trinajstić information content (AvgIpc) is 2.50. The van der Waals surface area contributed by atoms with E-state index in [0.29, 0.717) is 42.6 Å². The zero-order valence-electron chi connectivity index (χ0n) is 12.4. The number of carbonyl (C=O) groups is 1. The Morgan fingerprint density at radius 2 is 2.05 bits per heavy atom. The van der Waals surface area contributed by atoms with E-state index in [1.165, 1.54) is 0 Å². The van der Waals surface area contributed by atoms with Gasteiger partial charge in [0.05, 0.1) is 11.5 Å². The van der Waals surface area contributed by atoms with Crippen LogP contribution in [0.25, 0.3) is 0 Å². The minimum Gasteiger partial charge on any atom is -0.381 e. The van der Waals surface area contributed by atoms with Gasteiger partial charge in [-0.2, -0.15) is 0 Å².